The molecule has 1 rings (SSSR count). The van der Waals surface area contributed by atoms with Crippen LogP contribution in [0.2, 0.25) is 0 Å². The zero-order valence-electron chi connectivity index (χ0n) is 13.5. The third kappa shape index (κ3) is 7.01. The van der Waals surface area contributed by atoms with Crippen molar-refractivity contribution in [3.05, 3.63) is 23.8 Å². The lowest BCUT2D eigenvalue weighted by atomic mass is 10.1. The van der Waals surface area contributed by atoms with Crippen LogP contribution < -0.4 is 15.2 Å². The van der Waals surface area contributed by atoms with Crippen molar-refractivity contribution < 1.29 is 28.5 Å². The van der Waals surface area contributed by atoms with Crippen molar-refractivity contribution in [1.29, 1.82) is 0 Å². The Hall–Kier alpha value is -2.28. The number of ether oxygens (including phenoxy) is 4. The molecule has 0 amide bonds. The highest BCUT2D eigenvalue weighted by Crippen LogP contribution is 2.28. The highest BCUT2D eigenvalue weighted by atomic mass is 16.6. The van der Waals surface area contributed by atoms with Gasteiger partial charge in [0.15, 0.2) is 24.7 Å². The molecule has 0 radical (unpaired) electrons. The maximum atomic E-state index is 11.4. The highest BCUT2D eigenvalue weighted by molar-refractivity contribution is 5.72. The third-order valence-electron chi connectivity index (χ3n) is 2.74. The van der Waals surface area contributed by atoms with Gasteiger partial charge in [-0.15, -0.1) is 0 Å². The number of carbonyl (C=O) groups excluding carboxylic acids is 2. The van der Waals surface area contributed by atoms with Crippen LogP contribution in [0.25, 0.3) is 0 Å². The minimum Gasteiger partial charge on any atom is -0.478 e. The molecule has 2 N–H and O–H groups in total. The number of benzene rings is 1. The monoisotopic (exact) mass is 325 g/mol. The predicted octanol–water partition coefficient (Wildman–Crippen LogP) is 1.07. The Morgan fingerprint density at radius 3 is 2.04 bits per heavy atom. The van der Waals surface area contributed by atoms with Gasteiger partial charge in [0, 0.05) is 0 Å². The van der Waals surface area contributed by atoms with Crippen molar-refractivity contribution >= 4 is 11.9 Å². The average molecular weight is 325 g/mol. The predicted molar refractivity (Wildman–Crippen MR) is 83.5 cm³/mol. The maximum absolute atomic E-state index is 11.4. The molecule has 23 heavy (non-hydrogen) atoms. The first kappa shape index (κ1) is 18.8. The first-order valence-electron chi connectivity index (χ1n) is 7.50. The first-order valence-corrected chi connectivity index (χ1v) is 7.50. The molecule has 0 aliphatic heterocycles. The lowest BCUT2D eigenvalue weighted by molar-refractivity contribution is -0.146. The standard InChI is InChI=1S/C16H23NO6/c1-3-20-15(18)10-22-13-6-5-12(7-8-17)9-14(13)23-11-16(19)21-4-2/h5-6,9H,3-4,7-8,10-11,17H2,1-2H3. The van der Waals surface area contributed by atoms with E-state index in [1.165, 1.54) is 0 Å². The number of carbonyl (C=O) groups is 2. The summed E-state index contributed by atoms with van der Waals surface area (Å²) < 4.78 is 20.4. The molecule has 128 valence electrons. The van der Waals surface area contributed by atoms with Crippen LogP contribution >= 0.6 is 0 Å². The fraction of sp³-hybridized carbons (Fsp3) is 0.500. The van der Waals surface area contributed by atoms with Gasteiger partial charge in [-0.05, 0) is 44.5 Å². The van der Waals surface area contributed by atoms with Crippen molar-refractivity contribution in [2.75, 3.05) is 33.0 Å². The topological polar surface area (TPSA) is 97.1 Å². The van der Waals surface area contributed by atoms with Gasteiger partial charge < -0.3 is 24.7 Å². The van der Waals surface area contributed by atoms with E-state index in [0.717, 1.165) is 5.56 Å². The number of nitrogens with two attached hydrogens (primary N) is 1. The Morgan fingerprint density at radius 2 is 1.52 bits per heavy atom. The van der Waals surface area contributed by atoms with Gasteiger partial charge >= 0.3 is 11.9 Å². The minimum absolute atomic E-state index is 0.236. The van der Waals surface area contributed by atoms with Crippen molar-refractivity contribution in [1.82, 2.24) is 0 Å². The number of esters is 2. The third-order valence-corrected chi connectivity index (χ3v) is 2.74. The molecular weight excluding hydrogens is 302 g/mol. The van der Waals surface area contributed by atoms with Gasteiger partial charge in [-0.25, -0.2) is 9.59 Å². The summed E-state index contributed by atoms with van der Waals surface area (Å²) in [5.74, 6) is -0.251. The lowest BCUT2D eigenvalue weighted by Crippen LogP contribution is -2.17. The van der Waals surface area contributed by atoms with Gasteiger partial charge in [-0.2, -0.15) is 0 Å². The summed E-state index contributed by atoms with van der Waals surface area (Å²) in [5.41, 5.74) is 6.47. The van der Waals surface area contributed by atoms with Crippen LogP contribution in [0, 0.1) is 0 Å². The van der Waals surface area contributed by atoms with Crippen molar-refractivity contribution in [3.8, 4) is 11.5 Å². The van der Waals surface area contributed by atoms with E-state index in [1.54, 1.807) is 26.0 Å². The quantitative estimate of drug-likeness (QED) is 0.643. The molecule has 1 aromatic rings. The van der Waals surface area contributed by atoms with Crippen LogP contribution in [0.3, 0.4) is 0 Å². The van der Waals surface area contributed by atoms with Gasteiger partial charge in [0.2, 0.25) is 0 Å². The van der Waals surface area contributed by atoms with E-state index in [2.05, 4.69) is 0 Å². The zero-order chi connectivity index (χ0) is 17.1. The molecule has 1 aromatic carbocycles. The van der Waals surface area contributed by atoms with E-state index in [-0.39, 0.29) is 26.4 Å². The Kier molecular flexibility index (Phi) is 8.52. The Morgan fingerprint density at radius 1 is 0.957 bits per heavy atom. The van der Waals surface area contributed by atoms with Crippen LogP contribution in [0.5, 0.6) is 11.5 Å². The molecule has 0 heterocycles. The Labute approximate surface area is 135 Å². The average Bonchev–Trinajstić information content (AvgIpc) is 2.53. The molecule has 0 aliphatic carbocycles. The van der Waals surface area contributed by atoms with E-state index in [4.69, 9.17) is 24.7 Å². The van der Waals surface area contributed by atoms with Crippen molar-refractivity contribution in [2.45, 2.75) is 20.3 Å². The largest absolute Gasteiger partial charge is 0.478 e. The summed E-state index contributed by atoms with van der Waals surface area (Å²) in [6.07, 6.45) is 0.661. The van der Waals surface area contributed by atoms with E-state index >= 15 is 0 Å². The molecule has 0 atom stereocenters. The summed E-state index contributed by atoms with van der Waals surface area (Å²) in [5, 5.41) is 0. The van der Waals surface area contributed by atoms with Crippen LogP contribution in [0.4, 0.5) is 0 Å². The van der Waals surface area contributed by atoms with Gasteiger partial charge in [0.1, 0.15) is 0 Å². The molecule has 7 nitrogen and oxygen atoms in total. The lowest BCUT2D eigenvalue weighted by Gasteiger charge is -2.13. The molecule has 0 saturated heterocycles. The summed E-state index contributed by atoms with van der Waals surface area (Å²) in [4.78, 5) is 22.8. The first-order chi connectivity index (χ1) is 11.1. The van der Waals surface area contributed by atoms with E-state index < -0.39 is 11.9 Å². The summed E-state index contributed by atoms with van der Waals surface area (Å²) in [6.45, 7) is 4.00. The number of hydrogen-bond donors (Lipinski definition) is 1. The zero-order valence-corrected chi connectivity index (χ0v) is 13.5. The Balaban J connectivity index is 2.77. The minimum atomic E-state index is -0.479. The maximum Gasteiger partial charge on any atom is 0.344 e. The highest BCUT2D eigenvalue weighted by Gasteiger charge is 2.12. The molecule has 0 aromatic heterocycles. The van der Waals surface area contributed by atoms with Crippen LogP contribution in [-0.2, 0) is 25.5 Å². The van der Waals surface area contributed by atoms with Crippen molar-refractivity contribution in [2.24, 2.45) is 5.73 Å². The molecule has 0 saturated carbocycles. The molecule has 7 heteroatoms. The van der Waals surface area contributed by atoms with Gasteiger partial charge in [0.05, 0.1) is 13.2 Å². The molecule has 0 spiro atoms. The van der Waals surface area contributed by atoms with Crippen LogP contribution in [0.15, 0.2) is 18.2 Å². The fourth-order valence-electron chi connectivity index (χ4n) is 1.79. The molecular formula is C16H23NO6. The Bertz CT molecular complexity index is 517. The van der Waals surface area contributed by atoms with Crippen LogP contribution in [-0.4, -0.2) is 44.9 Å². The van der Waals surface area contributed by atoms with Gasteiger partial charge in [0.25, 0.3) is 0 Å². The van der Waals surface area contributed by atoms with Crippen molar-refractivity contribution in [3.63, 3.8) is 0 Å². The van der Waals surface area contributed by atoms with E-state index in [1.807, 2.05) is 6.07 Å². The van der Waals surface area contributed by atoms with E-state index in [9.17, 15) is 9.59 Å². The summed E-state index contributed by atoms with van der Waals surface area (Å²) in [7, 11) is 0. The molecule has 0 unspecified atom stereocenters. The fourth-order valence-corrected chi connectivity index (χ4v) is 1.79. The second-order valence-corrected chi connectivity index (χ2v) is 4.51. The normalized spacial score (nSPS) is 10.0. The summed E-state index contributed by atoms with van der Waals surface area (Å²) >= 11 is 0. The van der Waals surface area contributed by atoms with E-state index in [0.29, 0.717) is 24.5 Å². The second-order valence-electron chi connectivity index (χ2n) is 4.51. The number of rotatable bonds is 10. The molecule has 0 fully saturated rings. The second kappa shape index (κ2) is 10.4. The molecule has 0 aliphatic rings. The summed E-state index contributed by atoms with van der Waals surface area (Å²) in [6, 6.07) is 5.22. The SMILES string of the molecule is CCOC(=O)COc1ccc(CCN)cc1OCC(=O)OCC. The smallest absolute Gasteiger partial charge is 0.344 e. The number of hydrogen-bond acceptors (Lipinski definition) is 7. The van der Waals surface area contributed by atoms with Gasteiger partial charge in [-0.1, -0.05) is 6.07 Å². The van der Waals surface area contributed by atoms with Crippen LogP contribution in [0.1, 0.15) is 19.4 Å². The van der Waals surface area contributed by atoms with Gasteiger partial charge in [-0.3, -0.25) is 0 Å². The molecule has 0 bridgehead atoms.